The second kappa shape index (κ2) is 14.0. The lowest BCUT2D eigenvalue weighted by molar-refractivity contribution is -0.151. The number of carbonyl (C=O) groups excluding carboxylic acids is 2. The van der Waals surface area contributed by atoms with E-state index in [-0.39, 0.29) is 31.1 Å². The maximum Gasteiger partial charge on any atom is 0.410 e. The first-order chi connectivity index (χ1) is 19.7. The van der Waals surface area contributed by atoms with Gasteiger partial charge in [0.2, 0.25) is 0 Å². The molecule has 1 saturated heterocycles. The van der Waals surface area contributed by atoms with Crippen molar-refractivity contribution >= 4 is 12.0 Å². The summed E-state index contributed by atoms with van der Waals surface area (Å²) in [7, 11) is 1.67. The van der Waals surface area contributed by atoms with Crippen molar-refractivity contribution in [3.8, 4) is 11.5 Å². The maximum absolute atomic E-state index is 13.9. The zero-order chi connectivity index (χ0) is 29.4. The Morgan fingerprint density at radius 2 is 1.80 bits per heavy atom. The van der Waals surface area contributed by atoms with E-state index in [1.807, 2.05) is 81.1 Å². The van der Waals surface area contributed by atoms with Crippen molar-refractivity contribution < 1.29 is 33.3 Å². The number of benzene rings is 2. The molecule has 2 aliphatic rings. The number of amides is 2. The molecule has 0 N–H and O–H groups in total. The Labute approximate surface area is 243 Å². The third kappa shape index (κ3) is 8.84. The van der Waals surface area contributed by atoms with Crippen LogP contribution in [0.1, 0.15) is 64.1 Å². The highest BCUT2D eigenvalue weighted by Crippen LogP contribution is 2.38. The molecule has 1 heterocycles. The number of methoxy groups -OCH3 is 1. The summed E-state index contributed by atoms with van der Waals surface area (Å²) in [5, 5.41) is 0. The van der Waals surface area contributed by atoms with E-state index >= 15 is 0 Å². The summed E-state index contributed by atoms with van der Waals surface area (Å²) < 4.78 is 28.9. The minimum absolute atomic E-state index is 0.111. The summed E-state index contributed by atoms with van der Waals surface area (Å²) in [6.07, 6.45) is 1.46. The van der Waals surface area contributed by atoms with E-state index in [0.29, 0.717) is 37.9 Å². The van der Waals surface area contributed by atoms with Crippen LogP contribution in [0.4, 0.5) is 4.79 Å². The average molecular weight is 569 g/mol. The summed E-state index contributed by atoms with van der Waals surface area (Å²) in [5.74, 6) is 1.17. The number of ether oxygens (including phenoxy) is 5. The topological polar surface area (TPSA) is 86.8 Å². The minimum Gasteiger partial charge on any atom is -0.490 e. The highest BCUT2D eigenvalue weighted by molar-refractivity contribution is 5.83. The standard InChI is InChI=1S/C32H44N2O7/c1-23(34(26-13-14-26)30(35)29-21-33(16-19-39-29)31(36)41-32(2,3)4)25-12-15-27(28(20-25)38-18-9-17-37-5)40-22-24-10-7-6-8-11-24/h6-8,10-12,15,20,23,26,29H,9,13-14,16-19,21-22H2,1-5H3/t23-,29+/m0/s1. The Morgan fingerprint density at radius 1 is 1.05 bits per heavy atom. The third-order valence-electron chi connectivity index (χ3n) is 7.04. The number of hydrogen-bond donors (Lipinski definition) is 0. The van der Waals surface area contributed by atoms with Gasteiger partial charge < -0.3 is 33.5 Å². The largest absolute Gasteiger partial charge is 0.490 e. The van der Waals surface area contributed by atoms with Gasteiger partial charge in [0.15, 0.2) is 17.6 Å². The molecule has 0 unspecified atom stereocenters. The molecular formula is C32H44N2O7. The lowest BCUT2D eigenvalue weighted by Crippen LogP contribution is -2.54. The summed E-state index contributed by atoms with van der Waals surface area (Å²) in [6.45, 7) is 9.87. The van der Waals surface area contributed by atoms with Crippen molar-refractivity contribution in [3.63, 3.8) is 0 Å². The fraction of sp³-hybridized carbons (Fsp3) is 0.562. The van der Waals surface area contributed by atoms with Crippen LogP contribution in [-0.2, 0) is 25.6 Å². The molecule has 1 aliphatic heterocycles. The van der Waals surface area contributed by atoms with Gasteiger partial charge in [-0.25, -0.2) is 4.79 Å². The van der Waals surface area contributed by atoms with E-state index in [9.17, 15) is 9.59 Å². The summed E-state index contributed by atoms with van der Waals surface area (Å²) in [5.41, 5.74) is 1.40. The molecule has 2 aromatic rings. The quantitative estimate of drug-likeness (QED) is 0.318. The predicted octanol–water partition coefficient (Wildman–Crippen LogP) is 5.37. The maximum atomic E-state index is 13.9. The van der Waals surface area contributed by atoms with Gasteiger partial charge in [-0.2, -0.15) is 0 Å². The molecule has 9 nitrogen and oxygen atoms in total. The molecular weight excluding hydrogens is 524 g/mol. The van der Waals surface area contributed by atoms with Crippen LogP contribution in [0.5, 0.6) is 11.5 Å². The van der Waals surface area contributed by atoms with Crippen LogP contribution in [0, 0.1) is 0 Å². The van der Waals surface area contributed by atoms with Crippen molar-refractivity contribution in [2.24, 2.45) is 0 Å². The molecule has 2 atom stereocenters. The molecule has 0 aromatic heterocycles. The third-order valence-corrected chi connectivity index (χ3v) is 7.04. The van der Waals surface area contributed by atoms with Gasteiger partial charge in [0.1, 0.15) is 12.2 Å². The molecule has 1 aliphatic carbocycles. The van der Waals surface area contributed by atoms with Crippen LogP contribution in [0.15, 0.2) is 48.5 Å². The van der Waals surface area contributed by atoms with Gasteiger partial charge in [0.25, 0.3) is 5.91 Å². The first kappa shape index (κ1) is 30.7. The fourth-order valence-electron chi connectivity index (χ4n) is 4.79. The molecule has 2 fully saturated rings. The highest BCUT2D eigenvalue weighted by atomic mass is 16.6. The van der Waals surface area contributed by atoms with E-state index in [1.54, 1.807) is 12.0 Å². The van der Waals surface area contributed by atoms with Crippen molar-refractivity contribution in [2.75, 3.05) is 40.0 Å². The molecule has 0 spiro atoms. The van der Waals surface area contributed by atoms with Crippen LogP contribution in [-0.4, -0.2) is 79.6 Å². The summed E-state index contributed by atoms with van der Waals surface area (Å²) in [4.78, 5) is 30.0. The number of morpholine rings is 1. The van der Waals surface area contributed by atoms with Gasteiger partial charge in [-0.05, 0) is 63.8 Å². The van der Waals surface area contributed by atoms with E-state index in [4.69, 9.17) is 23.7 Å². The van der Waals surface area contributed by atoms with Crippen molar-refractivity contribution in [3.05, 3.63) is 59.7 Å². The van der Waals surface area contributed by atoms with Crippen molar-refractivity contribution in [1.29, 1.82) is 0 Å². The van der Waals surface area contributed by atoms with Crippen LogP contribution in [0.2, 0.25) is 0 Å². The molecule has 9 heteroatoms. The van der Waals surface area contributed by atoms with Gasteiger partial charge in [0, 0.05) is 32.7 Å². The molecule has 41 heavy (non-hydrogen) atoms. The first-order valence-corrected chi connectivity index (χ1v) is 14.5. The molecule has 0 radical (unpaired) electrons. The Bertz CT molecular complexity index is 1150. The molecule has 2 aromatic carbocycles. The van der Waals surface area contributed by atoms with E-state index in [2.05, 4.69) is 0 Å². The fourth-order valence-corrected chi connectivity index (χ4v) is 4.79. The van der Waals surface area contributed by atoms with Crippen molar-refractivity contribution in [2.45, 2.75) is 77.4 Å². The zero-order valence-electron chi connectivity index (χ0n) is 25.0. The Hall–Kier alpha value is -3.30. The Morgan fingerprint density at radius 3 is 2.49 bits per heavy atom. The molecule has 1 saturated carbocycles. The normalized spacial score (nSPS) is 18.0. The van der Waals surface area contributed by atoms with Gasteiger partial charge in [-0.1, -0.05) is 36.4 Å². The summed E-state index contributed by atoms with van der Waals surface area (Å²) >= 11 is 0. The van der Waals surface area contributed by atoms with Crippen molar-refractivity contribution in [1.82, 2.24) is 9.80 Å². The monoisotopic (exact) mass is 568 g/mol. The van der Waals surface area contributed by atoms with Crippen LogP contribution in [0.25, 0.3) is 0 Å². The summed E-state index contributed by atoms with van der Waals surface area (Å²) in [6, 6.07) is 15.8. The highest BCUT2D eigenvalue weighted by Gasteiger charge is 2.42. The smallest absolute Gasteiger partial charge is 0.410 e. The second-order valence-corrected chi connectivity index (χ2v) is 11.6. The molecule has 2 amide bonds. The Kier molecular flexibility index (Phi) is 10.5. The average Bonchev–Trinajstić information content (AvgIpc) is 3.79. The minimum atomic E-state index is -0.738. The number of hydrogen-bond acceptors (Lipinski definition) is 7. The van der Waals surface area contributed by atoms with E-state index in [0.717, 1.165) is 30.4 Å². The predicted molar refractivity (Wildman–Crippen MR) is 155 cm³/mol. The molecule has 224 valence electrons. The second-order valence-electron chi connectivity index (χ2n) is 11.6. The van der Waals surface area contributed by atoms with Gasteiger partial charge in [0.05, 0.1) is 25.8 Å². The van der Waals surface area contributed by atoms with Crippen LogP contribution >= 0.6 is 0 Å². The van der Waals surface area contributed by atoms with E-state index < -0.39 is 17.8 Å². The number of rotatable bonds is 12. The number of carbonyl (C=O) groups is 2. The zero-order valence-corrected chi connectivity index (χ0v) is 25.0. The van der Waals surface area contributed by atoms with Gasteiger partial charge >= 0.3 is 6.09 Å². The van der Waals surface area contributed by atoms with Crippen LogP contribution < -0.4 is 9.47 Å². The first-order valence-electron chi connectivity index (χ1n) is 14.5. The van der Waals surface area contributed by atoms with Crippen LogP contribution in [0.3, 0.4) is 0 Å². The SMILES string of the molecule is COCCCOc1cc([C@H](C)N(C(=O)[C@H]2CN(C(=O)OC(C)(C)C)CCO2)C2CC2)ccc1OCc1ccccc1. The lowest BCUT2D eigenvalue weighted by Gasteiger charge is -2.38. The van der Waals surface area contributed by atoms with E-state index in [1.165, 1.54) is 0 Å². The molecule has 0 bridgehead atoms. The Balaban J connectivity index is 1.49. The number of nitrogens with zero attached hydrogens (tertiary/aromatic N) is 2. The van der Waals surface area contributed by atoms with Gasteiger partial charge in [-0.15, -0.1) is 0 Å². The van der Waals surface area contributed by atoms with Gasteiger partial charge in [-0.3, -0.25) is 4.79 Å². The molecule has 4 rings (SSSR count). The lowest BCUT2D eigenvalue weighted by atomic mass is 10.0.